The number of halogens is 2. The minimum Gasteiger partial charge on any atom is -0.338 e. The molecule has 0 fully saturated rings. The van der Waals surface area contributed by atoms with Gasteiger partial charge < -0.3 is 4.52 Å². The van der Waals surface area contributed by atoms with Crippen LogP contribution in [0, 0.1) is 0 Å². The fourth-order valence-corrected chi connectivity index (χ4v) is 2.30. The fraction of sp³-hybridized carbons (Fsp3) is 0. The van der Waals surface area contributed by atoms with E-state index in [1.54, 1.807) is 6.07 Å². The normalized spacial score (nSPS) is 10.8. The maximum absolute atomic E-state index is 11.0. The van der Waals surface area contributed by atoms with E-state index in [1.165, 1.54) is 0 Å². The Labute approximate surface area is 84.0 Å². The summed E-state index contributed by atoms with van der Waals surface area (Å²) in [4.78, 5) is 11.0. The van der Waals surface area contributed by atoms with E-state index in [0.29, 0.717) is 10.9 Å². The van der Waals surface area contributed by atoms with Crippen LogP contribution in [0.2, 0.25) is 0 Å². The standard InChI is InChI=1S/C7H3Br2NO2/c8-3-1-4-6(5(9)2-3)10-12-7(4)11/h1-2,10H. The van der Waals surface area contributed by atoms with Crippen LogP contribution in [-0.2, 0) is 0 Å². The van der Waals surface area contributed by atoms with Crippen molar-refractivity contribution in [2.45, 2.75) is 0 Å². The first-order valence-electron chi connectivity index (χ1n) is 3.15. The molecule has 2 aromatic rings. The van der Waals surface area contributed by atoms with Gasteiger partial charge in [-0.05, 0) is 28.1 Å². The molecule has 12 heavy (non-hydrogen) atoms. The molecule has 0 atom stereocenters. The zero-order chi connectivity index (χ0) is 8.72. The quantitative estimate of drug-likeness (QED) is 0.811. The van der Waals surface area contributed by atoms with Crippen LogP contribution < -0.4 is 5.63 Å². The Bertz CT molecular complexity index is 486. The third kappa shape index (κ3) is 1.13. The lowest BCUT2D eigenvalue weighted by Gasteiger charge is -1.92. The van der Waals surface area contributed by atoms with Gasteiger partial charge in [0.2, 0.25) is 0 Å². The minimum atomic E-state index is -0.355. The first-order chi connectivity index (χ1) is 5.68. The molecule has 1 aromatic carbocycles. The third-order valence-corrected chi connectivity index (χ3v) is 2.60. The van der Waals surface area contributed by atoms with Crippen LogP contribution >= 0.6 is 31.9 Å². The lowest BCUT2D eigenvalue weighted by atomic mass is 10.3. The molecule has 0 aliphatic heterocycles. The Morgan fingerprint density at radius 3 is 2.83 bits per heavy atom. The van der Waals surface area contributed by atoms with Crippen LogP contribution in [-0.4, -0.2) is 5.16 Å². The molecule has 0 amide bonds. The summed E-state index contributed by atoms with van der Waals surface area (Å²) in [7, 11) is 0. The molecule has 0 aliphatic rings. The van der Waals surface area contributed by atoms with E-state index >= 15 is 0 Å². The number of benzene rings is 1. The van der Waals surface area contributed by atoms with Crippen LogP contribution in [0.15, 0.2) is 30.4 Å². The Kier molecular flexibility index (Phi) is 1.84. The van der Waals surface area contributed by atoms with E-state index in [-0.39, 0.29) is 5.63 Å². The lowest BCUT2D eigenvalue weighted by Crippen LogP contribution is -1.90. The summed E-state index contributed by atoms with van der Waals surface area (Å²) < 4.78 is 6.26. The summed E-state index contributed by atoms with van der Waals surface area (Å²) in [5.41, 5.74) is 0.329. The van der Waals surface area contributed by atoms with Gasteiger partial charge in [-0.2, -0.15) is 0 Å². The smallest absolute Gasteiger partial charge is 0.338 e. The number of aromatic amines is 1. The molecule has 0 bridgehead atoms. The Hall–Kier alpha value is -0.550. The van der Waals surface area contributed by atoms with Crippen molar-refractivity contribution in [1.29, 1.82) is 0 Å². The average molecular weight is 293 g/mol. The summed E-state index contributed by atoms with van der Waals surface area (Å²) in [6, 6.07) is 3.55. The van der Waals surface area contributed by atoms with Crippen LogP contribution in [0.4, 0.5) is 0 Å². The molecule has 2 rings (SSSR count). The number of rotatable bonds is 0. The van der Waals surface area contributed by atoms with Gasteiger partial charge >= 0.3 is 5.63 Å². The first-order valence-corrected chi connectivity index (χ1v) is 4.73. The molecule has 0 spiro atoms. The maximum atomic E-state index is 11.0. The van der Waals surface area contributed by atoms with Crippen molar-refractivity contribution >= 4 is 42.8 Å². The molecule has 0 saturated carbocycles. The number of hydrogen-bond donors (Lipinski definition) is 1. The summed E-state index contributed by atoms with van der Waals surface area (Å²) >= 11 is 6.58. The maximum Gasteiger partial charge on any atom is 0.365 e. The van der Waals surface area contributed by atoms with E-state index in [0.717, 1.165) is 8.95 Å². The van der Waals surface area contributed by atoms with E-state index < -0.39 is 0 Å². The van der Waals surface area contributed by atoms with Gasteiger partial charge in [-0.1, -0.05) is 15.9 Å². The highest BCUT2D eigenvalue weighted by Gasteiger charge is 2.06. The first kappa shape index (κ1) is 8.07. The number of nitrogens with one attached hydrogen (secondary N) is 1. The van der Waals surface area contributed by atoms with Crippen molar-refractivity contribution in [3.05, 3.63) is 31.5 Å². The predicted octanol–water partition coefficient (Wildman–Crippen LogP) is 2.65. The van der Waals surface area contributed by atoms with Gasteiger partial charge in [-0.3, -0.25) is 0 Å². The van der Waals surface area contributed by atoms with Crippen molar-refractivity contribution in [1.82, 2.24) is 5.16 Å². The third-order valence-electron chi connectivity index (χ3n) is 1.52. The SMILES string of the molecule is O=c1o[nH]c2c(Br)cc(Br)cc12. The van der Waals surface area contributed by atoms with Crippen LogP contribution in [0.3, 0.4) is 0 Å². The van der Waals surface area contributed by atoms with Crippen molar-refractivity contribution in [2.24, 2.45) is 0 Å². The van der Waals surface area contributed by atoms with Crippen molar-refractivity contribution in [2.75, 3.05) is 0 Å². The van der Waals surface area contributed by atoms with Gasteiger partial charge in [0.1, 0.15) is 5.52 Å². The Morgan fingerprint density at radius 1 is 1.33 bits per heavy atom. The van der Waals surface area contributed by atoms with E-state index in [2.05, 4.69) is 41.5 Å². The molecular formula is C7H3Br2NO2. The van der Waals surface area contributed by atoms with Crippen molar-refractivity contribution in [3.63, 3.8) is 0 Å². The molecule has 1 N–H and O–H groups in total. The topological polar surface area (TPSA) is 46.0 Å². The molecule has 3 nitrogen and oxygen atoms in total. The van der Waals surface area contributed by atoms with Crippen LogP contribution in [0.1, 0.15) is 0 Å². The largest absolute Gasteiger partial charge is 0.365 e. The highest BCUT2D eigenvalue weighted by molar-refractivity contribution is 9.11. The minimum absolute atomic E-state index is 0.355. The molecule has 0 radical (unpaired) electrons. The molecule has 5 heteroatoms. The van der Waals surface area contributed by atoms with Gasteiger partial charge in [0.25, 0.3) is 0 Å². The summed E-state index contributed by atoms with van der Waals surface area (Å²) in [5, 5.41) is 3.07. The van der Waals surface area contributed by atoms with E-state index in [9.17, 15) is 4.79 Å². The number of H-pyrrole nitrogens is 1. The van der Waals surface area contributed by atoms with Gasteiger partial charge in [0, 0.05) is 8.95 Å². The summed E-state index contributed by atoms with van der Waals surface area (Å²) in [5.74, 6) is 0. The monoisotopic (exact) mass is 291 g/mol. The van der Waals surface area contributed by atoms with E-state index in [1.807, 2.05) is 6.07 Å². The Balaban J connectivity index is 3.02. The summed E-state index contributed by atoms with van der Waals surface area (Å²) in [6.07, 6.45) is 0. The highest BCUT2D eigenvalue weighted by Crippen LogP contribution is 2.24. The molecule has 0 saturated heterocycles. The number of hydrogen-bond acceptors (Lipinski definition) is 2. The molecule has 0 unspecified atom stereocenters. The number of fused-ring (bicyclic) bond motifs is 1. The predicted molar refractivity (Wildman–Crippen MR) is 52.2 cm³/mol. The second-order valence-corrected chi connectivity index (χ2v) is 4.07. The zero-order valence-corrected chi connectivity index (χ0v) is 8.90. The molecule has 1 heterocycles. The van der Waals surface area contributed by atoms with Gasteiger partial charge in [-0.15, -0.1) is 0 Å². The number of aromatic nitrogens is 1. The zero-order valence-electron chi connectivity index (χ0n) is 5.73. The van der Waals surface area contributed by atoms with Gasteiger partial charge in [0.15, 0.2) is 0 Å². The molecule has 0 aliphatic carbocycles. The van der Waals surface area contributed by atoms with E-state index in [4.69, 9.17) is 0 Å². The van der Waals surface area contributed by atoms with Crippen molar-refractivity contribution < 1.29 is 4.52 Å². The highest BCUT2D eigenvalue weighted by atomic mass is 79.9. The van der Waals surface area contributed by atoms with Gasteiger partial charge in [0.05, 0.1) is 5.39 Å². The fourth-order valence-electron chi connectivity index (χ4n) is 0.991. The van der Waals surface area contributed by atoms with Crippen molar-refractivity contribution in [3.8, 4) is 0 Å². The average Bonchev–Trinajstić information content (AvgIpc) is 2.33. The molecular weight excluding hydrogens is 290 g/mol. The second kappa shape index (κ2) is 2.74. The van der Waals surface area contributed by atoms with Gasteiger partial charge in [-0.25, -0.2) is 9.95 Å². The van der Waals surface area contributed by atoms with Crippen LogP contribution in [0.25, 0.3) is 10.9 Å². The second-order valence-electron chi connectivity index (χ2n) is 2.30. The lowest BCUT2D eigenvalue weighted by molar-refractivity contribution is 0.399. The Morgan fingerprint density at radius 2 is 2.08 bits per heavy atom. The molecule has 1 aromatic heterocycles. The summed E-state index contributed by atoms with van der Waals surface area (Å²) in [6.45, 7) is 0. The molecule has 62 valence electrons. The van der Waals surface area contributed by atoms with Crippen LogP contribution in [0.5, 0.6) is 0 Å².